The molecule has 3 N–H and O–H groups in total. The van der Waals surface area contributed by atoms with Crippen molar-refractivity contribution in [1.29, 1.82) is 0 Å². The molecule has 0 spiro atoms. The van der Waals surface area contributed by atoms with Crippen molar-refractivity contribution >= 4 is 15.9 Å². The predicted octanol–water partition coefficient (Wildman–Crippen LogP) is 2.48. The zero-order valence-electron chi connectivity index (χ0n) is 11.3. The third-order valence-electron chi connectivity index (χ3n) is 3.08. The molecule has 19 heavy (non-hydrogen) atoms. The van der Waals surface area contributed by atoms with Gasteiger partial charge >= 0.3 is 0 Å². The number of pyridine rings is 1. The number of nitrogens with zero attached hydrogens (tertiary/aromatic N) is 3. The lowest BCUT2D eigenvalue weighted by atomic mass is 10.0. The van der Waals surface area contributed by atoms with E-state index >= 15 is 0 Å². The molecule has 2 heterocycles. The Morgan fingerprint density at radius 3 is 2.74 bits per heavy atom. The minimum absolute atomic E-state index is 0.145. The van der Waals surface area contributed by atoms with E-state index in [-0.39, 0.29) is 12.1 Å². The van der Waals surface area contributed by atoms with Crippen LogP contribution in [0.2, 0.25) is 0 Å². The first kappa shape index (κ1) is 14.2. The van der Waals surface area contributed by atoms with Crippen molar-refractivity contribution < 1.29 is 0 Å². The maximum Gasteiger partial charge on any atom is 0.0907 e. The van der Waals surface area contributed by atoms with Crippen LogP contribution in [0.4, 0.5) is 0 Å². The fraction of sp³-hybridized carbons (Fsp3) is 0.385. The average Bonchev–Trinajstić information content (AvgIpc) is 2.75. The van der Waals surface area contributed by atoms with Crippen molar-refractivity contribution in [3.05, 3.63) is 46.0 Å². The number of nitrogens with one attached hydrogen (secondary N) is 1. The Morgan fingerprint density at radius 1 is 1.42 bits per heavy atom. The molecule has 0 aliphatic rings. The maximum atomic E-state index is 5.76. The SMILES string of the molecule is Cc1ncccc1C(NN)c1c(Br)cnn1C(C)C. The number of aromatic nitrogens is 3. The van der Waals surface area contributed by atoms with Crippen LogP contribution in [0, 0.1) is 6.92 Å². The van der Waals surface area contributed by atoms with Crippen LogP contribution in [0.5, 0.6) is 0 Å². The first-order valence-corrected chi connectivity index (χ1v) is 6.96. The van der Waals surface area contributed by atoms with E-state index in [9.17, 15) is 0 Å². The Labute approximate surface area is 121 Å². The topological polar surface area (TPSA) is 68.8 Å². The summed E-state index contributed by atoms with van der Waals surface area (Å²) in [6.07, 6.45) is 3.58. The highest BCUT2D eigenvalue weighted by atomic mass is 79.9. The number of rotatable bonds is 4. The zero-order valence-corrected chi connectivity index (χ0v) is 12.8. The summed E-state index contributed by atoms with van der Waals surface area (Å²) in [5.74, 6) is 5.76. The highest BCUT2D eigenvalue weighted by molar-refractivity contribution is 9.10. The standard InChI is InChI=1S/C13H18BrN5/c1-8(2)19-13(11(14)7-17-19)12(18-15)10-5-4-6-16-9(10)3/h4-8,12,18H,15H2,1-3H3. The highest BCUT2D eigenvalue weighted by Crippen LogP contribution is 2.30. The van der Waals surface area contributed by atoms with E-state index in [1.165, 1.54) is 0 Å². The number of nitrogens with two attached hydrogens (primary N) is 1. The van der Waals surface area contributed by atoms with Crippen LogP contribution in [-0.2, 0) is 0 Å². The van der Waals surface area contributed by atoms with Crippen molar-refractivity contribution in [3.8, 4) is 0 Å². The van der Waals surface area contributed by atoms with Crippen molar-refractivity contribution in [2.24, 2.45) is 5.84 Å². The van der Waals surface area contributed by atoms with Gasteiger partial charge in [-0.15, -0.1) is 0 Å². The van der Waals surface area contributed by atoms with Crippen LogP contribution in [0.1, 0.15) is 42.9 Å². The molecule has 0 saturated heterocycles. The predicted molar refractivity (Wildman–Crippen MR) is 78.5 cm³/mol. The van der Waals surface area contributed by atoms with E-state index in [4.69, 9.17) is 5.84 Å². The summed E-state index contributed by atoms with van der Waals surface area (Å²) in [5, 5.41) is 4.39. The van der Waals surface area contributed by atoms with Crippen molar-refractivity contribution in [2.45, 2.75) is 32.9 Å². The Morgan fingerprint density at radius 2 is 2.16 bits per heavy atom. The van der Waals surface area contributed by atoms with E-state index in [0.29, 0.717) is 0 Å². The molecular formula is C13H18BrN5. The molecule has 0 aliphatic carbocycles. The monoisotopic (exact) mass is 323 g/mol. The van der Waals surface area contributed by atoms with E-state index in [1.54, 1.807) is 12.4 Å². The van der Waals surface area contributed by atoms with Crippen LogP contribution >= 0.6 is 15.9 Å². The van der Waals surface area contributed by atoms with Gasteiger partial charge in [-0.1, -0.05) is 6.07 Å². The van der Waals surface area contributed by atoms with E-state index in [0.717, 1.165) is 21.4 Å². The van der Waals surface area contributed by atoms with Crippen LogP contribution in [0.25, 0.3) is 0 Å². The van der Waals surface area contributed by atoms with Crippen LogP contribution in [0.3, 0.4) is 0 Å². The second-order valence-corrected chi connectivity index (χ2v) is 5.55. The van der Waals surface area contributed by atoms with E-state index in [1.807, 2.05) is 23.7 Å². The second kappa shape index (κ2) is 5.81. The summed E-state index contributed by atoms with van der Waals surface area (Å²) in [6.45, 7) is 6.16. The fourth-order valence-corrected chi connectivity index (χ4v) is 2.65. The van der Waals surface area contributed by atoms with Gasteiger partial charge in [-0.3, -0.25) is 15.5 Å². The summed E-state index contributed by atoms with van der Waals surface area (Å²) >= 11 is 3.55. The molecule has 0 aromatic carbocycles. The molecule has 5 nitrogen and oxygen atoms in total. The summed E-state index contributed by atoms with van der Waals surface area (Å²) in [7, 11) is 0. The van der Waals surface area contributed by atoms with Crippen LogP contribution in [-0.4, -0.2) is 14.8 Å². The lowest BCUT2D eigenvalue weighted by Crippen LogP contribution is -2.32. The Bertz CT molecular complexity index is 564. The van der Waals surface area contributed by atoms with Gasteiger partial charge in [-0.2, -0.15) is 5.10 Å². The Hall–Kier alpha value is -1.24. The van der Waals surface area contributed by atoms with Crippen molar-refractivity contribution in [3.63, 3.8) is 0 Å². The number of hydrogen-bond donors (Lipinski definition) is 2. The highest BCUT2D eigenvalue weighted by Gasteiger charge is 2.23. The molecule has 2 aromatic heterocycles. The van der Waals surface area contributed by atoms with Gasteiger partial charge in [-0.05, 0) is 48.3 Å². The summed E-state index contributed by atoms with van der Waals surface area (Å²) < 4.78 is 2.90. The second-order valence-electron chi connectivity index (χ2n) is 4.69. The van der Waals surface area contributed by atoms with E-state index in [2.05, 4.69) is 45.3 Å². The molecule has 2 rings (SSSR count). The molecule has 0 bridgehead atoms. The lowest BCUT2D eigenvalue weighted by Gasteiger charge is -2.21. The molecule has 0 radical (unpaired) electrons. The number of aryl methyl sites for hydroxylation is 1. The van der Waals surface area contributed by atoms with Crippen LogP contribution in [0.15, 0.2) is 29.0 Å². The molecule has 0 amide bonds. The Kier molecular flexibility index (Phi) is 4.34. The minimum atomic E-state index is -0.145. The van der Waals surface area contributed by atoms with Gasteiger partial charge in [-0.25, -0.2) is 5.43 Å². The van der Waals surface area contributed by atoms with Gasteiger partial charge in [0.15, 0.2) is 0 Å². The van der Waals surface area contributed by atoms with Gasteiger partial charge in [0.05, 0.1) is 22.4 Å². The molecule has 0 saturated carbocycles. The third-order valence-corrected chi connectivity index (χ3v) is 3.69. The van der Waals surface area contributed by atoms with Gasteiger partial charge in [0.25, 0.3) is 0 Å². The molecule has 1 unspecified atom stereocenters. The maximum absolute atomic E-state index is 5.76. The zero-order chi connectivity index (χ0) is 14.0. The first-order valence-electron chi connectivity index (χ1n) is 6.16. The van der Waals surface area contributed by atoms with E-state index < -0.39 is 0 Å². The molecule has 102 valence electrons. The fourth-order valence-electron chi connectivity index (χ4n) is 2.15. The summed E-state index contributed by atoms with van der Waals surface area (Å²) in [4.78, 5) is 4.32. The molecule has 6 heteroatoms. The molecule has 0 aliphatic heterocycles. The van der Waals surface area contributed by atoms with Crippen LogP contribution < -0.4 is 11.3 Å². The number of hydrazine groups is 1. The lowest BCUT2D eigenvalue weighted by molar-refractivity contribution is 0.474. The van der Waals surface area contributed by atoms with Gasteiger partial charge < -0.3 is 0 Å². The molecule has 2 aromatic rings. The largest absolute Gasteiger partial charge is 0.271 e. The normalized spacial score (nSPS) is 12.9. The quantitative estimate of drug-likeness (QED) is 0.670. The number of hydrogen-bond acceptors (Lipinski definition) is 4. The minimum Gasteiger partial charge on any atom is -0.271 e. The molecular weight excluding hydrogens is 306 g/mol. The average molecular weight is 324 g/mol. The smallest absolute Gasteiger partial charge is 0.0907 e. The third kappa shape index (κ3) is 2.70. The van der Waals surface area contributed by atoms with Gasteiger partial charge in [0, 0.05) is 17.9 Å². The van der Waals surface area contributed by atoms with Gasteiger partial charge in [0.2, 0.25) is 0 Å². The summed E-state index contributed by atoms with van der Waals surface area (Å²) in [6, 6.07) is 4.05. The molecule has 1 atom stereocenters. The van der Waals surface area contributed by atoms with Gasteiger partial charge in [0.1, 0.15) is 0 Å². The van der Waals surface area contributed by atoms with Crippen molar-refractivity contribution in [1.82, 2.24) is 20.2 Å². The first-order chi connectivity index (χ1) is 9.06. The Balaban J connectivity index is 2.55. The van der Waals surface area contributed by atoms with Crippen molar-refractivity contribution in [2.75, 3.05) is 0 Å². The number of halogens is 1. The summed E-state index contributed by atoms with van der Waals surface area (Å²) in [5.41, 5.74) is 5.88. The molecule has 0 fully saturated rings.